The van der Waals surface area contributed by atoms with Crippen molar-refractivity contribution in [2.24, 2.45) is 5.92 Å². The van der Waals surface area contributed by atoms with Crippen LogP contribution < -0.4 is 0 Å². The monoisotopic (exact) mass is 372 g/mol. The predicted octanol–water partition coefficient (Wildman–Crippen LogP) is 0.536. The molecule has 5 rings (SSSR count). The van der Waals surface area contributed by atoms with Gasteiger partial charge in [0.2, 0.25) is 0 Å². The fourth-order valence-corrected chi connectivity index (χ4v) is 5.87. The molecule has 27 heavy (non-hydrogen) atoms. The number of aliphatic hydroxyl groups is 2. The lowest BCUT2D eigenvalue weighted by Gasteiger charge is -2.45. The minimum Gasteiger partial charge on any atom is -0.468 e. The van der Waals surface area contributed by atoms with Gasteiger partial charge in [0.25, 0.3) is 0 Å². The highest BCUT2D eigenvalue weighted by Gasteiger charge is 2.68. The van der Waals surface area contributed by atoms with Crippen molar-refractivity contribution >= 4 is 16.9 Å². The highest BCUT2D eigenvalue weighted by Crippen LogP contribution is 2.55. The Morgan fingerprint density at radius 2 is 2.26 bits per heavy atom. The fraction of sp³-hybridized carbons (Fsp3) is 0.550. The number of benzene rings is 1. The summed E-state index contributed by atoms with van der Waals surface area (Å²) < 4.78 is 11.1. The first-order valence-corrected chi connectivity index (χ1v) is 9.39. The van der Waals surface area contributed by atoms with Crippen molar-refractivity contribution in [3.63, 3.8) is 0 Å². The third kappa shape index (κ3) is 1.92. The molecule has 1 aromatic heterocycles. The second-order valence-corrected chi connectivity index (χ2v) is 7.93. The summed E-state index contributed by atoms with van der Waals surface area (Å²) >= 11 is 0. The number of methoxy groups -OCH3 is 1. The molecule has 0 radical (unpaired) electrons. The Morgan fingerprint density at radius 1 is 1.44 bits per heavy atom. The Kier molecular flexibility index (Phi) is 3.68. The van der Waals surface area contributed by atoms with Crippen LogP contribution in [0.4, 0.5) is 0 Å². The number of para-hydroxylation sites is 1. The van der Waals surface area contributed by atoms with Crippen LogP contribution in [0.2, 0.25) is 0 Å². The van der Waals surface area contributed by atoms with Gasteiger partial charge in [-0.15, -0.1) is 0 Å². The third-order valence-corrected chi connectivity index (χ3v) is 7.07. The van der Waals surface area contributed by atoms with Gasteiger partial charge in [-0.3, -0.25) is 9.69 Å². The maximum Gasteiger partial charge on any atom is 0.320 e. The van der Waals surface area contributed by atoms with Gasteiger partial charge in [-0.1, -0.05) is 18.2 Å². The van der Waals surface area contributed by atoms with Gasteiger partial charge in [0.15, 0.2) is 0 Å². The molecular formula is C20H24N2O5. The molecule has 3 aliphatic heterocycles. The first-order valence-electron chi connectivity index (χ1n) is 9.39. The summed E-state index contributed by atoms with van der Waals surface area (Å²) in [6.07, 6.45) is -0.193. The zero-order chi connectivity index (χ0) is 18.8. The van der Waals surface area contributed by atoms with Gasteiger partial charge in [0, 0.05) is 29.1 Å². The molecule has 0 amide bonds. The molecule has 4 bridgehead atoms. The highest BCUT2D eigenvalue weighted by atomic mass is 16.5. The maximum atomic E-state index is 13.3. The molecule has 2 saturated heterocycles. The van der Waals surface area contributed by atoms with Gasteiger partial charge >= 0.3 is 5.97 Å². The van der Waals surface area contributed by atoms with Crippen molar-refractivity contribution < 1.29 is 24.5 Å². The summed E-state index contributed by atoms with van der Waals surface area (Å²) in [5, 5.41) is 22.5. The number of fused-ring (bicyclic) bond motifs is 4. The predicted molar refractivity (Wildman–Crippen MR) is 97.2 cm³/mol. The van der Waals surface area contributed by atoms with E-state index in [0.717, 1.165) is 22.2 Å². The molecule has 7 heteroatoms. The highest BCUT2D eigenvalue weighted by molar-refractivity contribution is 5.91. The zero-order valence-corrected chi connectivity index (χ0v) is 15.3. The molecule has 2 fully saturated rings. The van der Waals surface area contributed by atoms with Crippen LogP contribution in [0.15, 0.2) is 24.3 Å². The molecule has 144 valence electrons. The van der Waals surface area contributed by atoms with E-state index < -0.39 is 17.1 Å². The van der Waals surface area contributed by atoms with E-state index in [2.05, 4.69) is 9.88 Å². The quantitative estimate of drug-likeness (QED) is 0.666. The molecule has 1 aromatic carbocycles. The van der Waals surface area contributed by atoms with Crippen LogP contribution in [0, 0.1) is 5.92 Å². The van der Waals surface area contributed by atoms with E-state index in [0.29, 0.717) is 19.5 Å². The molecule has 5 atom stereocenters. The summed E-state index contributed by atoms with van der Waals surface area (Å²) in [5.74, 6) is -0.690. The number of hydrogen-bond acceptors (Lipinski definition) is 6. The summed E-state index contributed by atoms with van der Waals surface area (Å²) in [6.45, 7) is 1.24. The number of H-pyrrole nitrogens is 1. The number of nitrogens with zero attached hydrogens (tertiary/aromatic N) is 1. The zero-order valence-electron chi connectivity index (χ0n) is 15.3. The second kappa shape index (κ2) is 5.78. The van der Waals surface area contributed by atoms with Crippen LogP contribution in [0.1, 0.15) is 17.7 Å². The molecule has 7 nitrogen and oxygen atoms in total. The lowest BCUT2D eigenvalue weighted by Crippen LogP contribution is -2.63. The van der Waals surface area contributed by atoms with Crippen molar-refractivity contribution in [2.45, 2.75) is 30.0 Å². The number of rotatable bonds is 2. The van der Waals surface area contributed by atoms with Gasteiger partial charge in [-0.2, -0.15) is 0 Å². The van der Waals surface area contributed by atoms with Gasteiger partial charge in [-0.05, 0) is 24.6 Å². The van der Waals surface area contributed by atoms with Gasteiger partial charge in [0.1, 0.15) is 5.41 Å². The molecular weight excluding hydrogens is 348 g/mol. The third-order valence-electron chi connectivity index (χ3n) is 7.07. The topological polar surface area (TPSA) is 95.0 Å². The Hall–Kier alpha value is -1.93. The van der Waals surface area contributed by atoms with E-state index in [1.54, 1.807) is 0 Å². The average molecular weight is 372 g/mol. The largest absolute Gasteiger partial charge is 0.468 e. The van der Waals surface area contributed by atoms with E-state index in [1.165, 1.54) is 7.11 Å². The molecule has 3 N–H and O–H groups in total. The number of ether oxygens (including phenoxy) is 2. The number of nitrogens with one attached hydrogen (secondary N) is 1. The lowest BCUT2D eigenvalue weighted by molar-refractivity contribution is -0.154. The minimum absolute atomic E-state index is 0.0852. The molecule has 1 unspecified atom stereocenters. The van der Waals surface area contributed by atoms with Crippen molar-refractivity contribution in [1.29, 1.82) is 0 Å². The maximum absolute atomic E-state index is 13.3. The van der Waals surface area contributed by atoms with E-state index in [-0.39, 0.29) is 31.7 Å². The molecule has 2 aromatic rings. The van der Waals surface area contributed by atoms with Crippen LogP contribution in [0.25, 0.3) is 10.9 Å². The summed E-state index contributed by atoms with van der Waals surface area (Å²) in [6, 6.07) is 7.98. The summed E-state index contributed by atoms with van der Waals surface area (Å²) in [4.78, 5) is 18.9. The molecule has 3 aliphatic rings. The normalized spacial score (nSPS) is 37.5. The number of carbonyl (C=O) groups is 1. The van der Waals surface area contributed by atoms with Crippen LogP contribution >= 0.6 is 0 Å². The Morgan fingerprint density at radius 3 is 3.04 bits per heavy atom. The van der Waals surface area contributed by atoms with Crippen molar-refractivity contribution in [3.05, 3.63) is 35.5 Å². The van der Waals surface area contributed by atoms with Crippen LogP contribution in [0.3, 0.4) is 0 Å². The van der Waals surface area contributed by atoms with Crippen LogP contribution in [0.5, 0.6) is 0 Å². The van der Waals surface area contributed by atoms with E-state index in [9.17, 15) is 15.0 Å². The first kappa shape index (κ1) is 17.2. The smallest absolute Gasteiger partial charge is 0.320 e. The van der Waals surface area contributed by atoms with Crippen molar-refractivity contribution in [3.8, 4) is 0 Å². The minimum atomic E-state index is -1.09. The SMILES string of the molecule is COC(=O)[C@]12COC[C@@H](O)[C@@]3(CO)[C@@H]1CCN3Cc1c2[nH]c2ccccc12. The summed E-state index contributed by atoms with van der Waals surface area (Å²) in [7, 11) is 1.39. The Balaban J connectivity index is 1.87. The molecule has 0 aliphatic carbocycles. The first-order chi connectivity index (χ1) is 13.1. The number of carbonyl (C=O) groups excluding carboxylic acids is 1. The number of aromatic amines is 1. The van der Waals surface area contributed by atoms with Crippen molar-refractivity contribution in [1.82, 2.24) is 9.88 Å². The van der Waals surface area contributed by atoms with Gasteiger partial charge in [0.05, 0.1) is 38.6 Å². The average Bonchev–Trinajstić information content (AvgIpc) is 3.18. The molecule has 0 spiro atoms. The van der Waals surface area contributed by atoms with E-state index in [1.807, 2.05) is 24.3 Å². The Labute approximate surface area is 156 Å². The van der Waals surface area contributed by atoms with Crippen LogP contribution in [-0.4, -0.2) is 71.2 Å². The van der Waals surface area contributed by atoms with Gasteiger partial charge in [-0.25, -0.2) is 0 Å². The van der Waals surface area contributed by atoms with Crippen LogP contribution in [-0.2, 0) is 26.2 Å². The number of aliphatic hydroxyl groups excluding tert-OH is 2. The number of hydrogen-bond donors (Lipinski definition) is 3. The standard InChI is InChI=1S/C20H24N2O5/c1-26-18(25)19-11-27-9-16(24)20(10-23)15(19)6-7-22(20)8-13-12-4-2-3-5-14(12)21-17(13)19/h2-5,15-16,21,23-24H,6-11H2,1H3/t15-,16-,19-,20-/m1/s1. The summed E-state index contributed by atoms with van der Waals surface area (Å²) in [5.41, 5.74) is 0.774. The Bertz CT molecular complexity index is 911. The molecule has 4 heterocycles. The fourth-order valence-electron chi connectivity index (χ4n) is 5.87. The lowest BCUT2D eigenvalue weighted by atomic mass is 9.63. The van der Waals surface area contributed by atoms with Gasteiger partial charge < -0.3 is 24.7 Å². The number of esters is 1. The molecule has 0 saturated carbocycles. The van der Waals surface area contributed by atoms with E-state index in [4.69, 9.17) is 9.47 Å². The second-order valence-electron chi connectivity index (χ2n) is 7.93. The van der Waals surface area contributed by atoms with Crippen molar-refractivity contribution in [2.75, 3.05) is 33.5 Å². The number of aromatic nitrogens is 1. The van der Waals surface area contributed by atoms with E-state index >= 15 is 0 Å².